The van der Waals surface area contributed by atoms with E-state index in [9.17, 15) is 14.4 Å². The smallest absolute Gasteiger partial charge is 0.407 e. The molecular weight excluding hydrogens is 448 g/mol. The van der Waals surface area contributed by atoms with Gasteiger partial charge in [-0.05, 0) is 47.4 Å². The third-order valence-electron chi connectivity index (χ3n) is 6.69. The lowest BCUT2D eigenvalue weighted by Crippen LogP contribution is -2.34. The zero-order valence-electron chi connectivity index (χ0n) is 19.9. The van der Waals surface area contributed by atoms with Crippen molar-refractivity contribution in [1.82, 2.24) is 10.6 Å². The fraction of sp³-hybridized carbons (Fsp3) is 0.444. The molecule has 2 aromatic carbocycles. The molecule has 8 nitrogen and oxygen atoms in total. The first-order valence-corrected chi connectivity index (χ1v) is 12.2. The van der Waals surface area contributed by atoms with Gasteiger partial charge in [0.15, 0.2) is 6.10 Å². The van der Waals surface area contributed by atoms with E-state index in [4.69, 9.17) is 14.6 Å². The molecule has 0 bridgehead atoms. The number of aliphatic carboxylic acids is 1. The molecule has 0 spiro atoms. The average molecular weight is 481 g/mol. The third kappa shape index (κ3) is 6.19. The van der Waals surface area contributed by atoms with Crippen molar-refractivity contribution in [2.75, 3.05) is 19.7 Å². The maximum Gasteiger partial charge on any atom is 0.407 e. The van der Waals surface area contributed by atoms with Gasteiger partial charge in [0.2, 0.25) is 5.91 Å². The Morgan fingerprint density at radius 2 is 1.69 bits per heavy atom. The highest BCUT2D eigenvalue weighted by atomic mass is 16.5. The predicted octanol–water partition coefficient (Wildman–Crippen LogP) is 3.69. The lowest BCUT2D eigenvalue weighted by Gasteiger charge is -2.16. The largest absolute Gasteiger partial charge is 0.479 e. The molecule has 0 saturated carbocycles. The quantitative estimate of drug-likeness (QED) is 0.478. The van der Waals surface area contributed by atoms with Crippen molar-refractivity contribution < 1.29 is 29.0 Å². The van der Waals surface area contributed by atoms with Crippen LogP contribution in [-0.2, 0) is 19.1 Å². The van der Waals surface area contributed by atoms with Gasteiger partial charge in [-0.2, -0.15) is 0 Å². The van der Waals surface area contributed by atoms with Gasteiger partial charge in [-0.15, -0.1) is 0 Å². The summed E-state index contributed by atoms with van der Waals surface area (Å²) in [6.45, 7) is 2.94. The van der Waals surface area contributed by atoms with Crippen molar-refractivity contribution in [2.24, 2.45) is 5.92 Å². The van der Waals surface area contributed by atoms with Crippen molar-refractivity contribution in [3.8, 4) is 11.1 Å². The first kappa shape index (κ1) is 24.7. The zero-order valence-corrected chi connectivity index (χ0v) is 19.9. The number of hydrogen-bond acceptors (Lipinski definition) is 5. The van der Waals surface area contributed by atoms with Crippen LogP contribution in [0.15, 0.2) is 48.5 Å². The number of carboxylic acids is 1. The van der Waals surface area contributed by atoms with Gasteiger partial charge in [0.25, 0.3) is 0 Å². The van der Waals surface area contributed by atoms with Crippen molar-refractivity contribution in [3.63, 3.8) is 0 Å². The summed E-state index contributed by atoms with van der Waals surface area (Å²) < 4.78 is 10.9. The van der Waals surface area contributed by atoms with Crippen LogP contribution < -0.4 is 10.6 Å². The lowest BCUT2D eigenvalue weighted by molar-refractivity contribution is -0.149. The Bertz CT molecular complexity index is 1030. The first-order valence-electron chi connectivity index (χ1n) is 12.2. The highest BCUT2D eigenvalue weighted by Crippen LogP contribution is 2.44. The SMILES string of the molecule is CC(CCNC(=O)OCC1c2ccccc2-c2ccccc21)CC(=O)NCC1CCC(C(=O)O)O1. The molecule has 2 aromatic rings. The Morgan fingerprint density at radius 3 is 2.31 bits per heavy atom. The molecule has 0 radical (unpaired) electrons. The molecule has 8 heteroatoms. The number of carbonyl (C=O) groups excluding carboxylic acids is 2. The fourth-order valence-corrected chi connectivity index (χ4v) is 4.83. The van der Waals surface area contributed by atoms with Crippen molar-refractivity contribution in [2.45, 2.75) is 50.7 Å². The molecule has 3 unspecified atom stereocenters. The molecular formula is C27H32N2O6. The maximum atomic E-state index is 12.3. The van der Waals surface area contributed by atoms with E-state index in [1.54, 1.807) is 0 Å². The molecule has 3 N–H and O–H groups in total. The highest BCUT2D eigenvalue weighted by Gasteiger charge is 2.31. The Kier molecular flexibility index (Phi) is 8.02. The summed E-state index contributed by atoms with van der Waals surface area (Å²) in [5.74, 6) is -0.983. The van der Waals surface area contributed by atoms with E-state index in [2.05, 4.69) is 34.9 Å². The minimum atomic E-state index is -0.962. The van der Waals surface area contributed by atoms with Gasteiger partial charge in [-0.1, -0.05) is 55.5 Å². The lowest BCUT2D eigenvalue weighted by atomic mass is 9.98. The van der Waals surface area contributed by atoms with Gasteiger partial charge < -0.3 is 25.2 Å². The summed E-state index contributed by atoms with van der Waals surface area (Å²) >= 11 is 0. The van der Waals surface area contributed by atoms with E-state index < -0.39 is 18.2 Å². The molecule has 1 aliphatic carbocycles. The van der Waals surface area contributed by atoms with Crippen LogP contribution in [0.3, 0.4) is 0 Å². The van der Waals surface area contributed by atoms with Crippen LogP contribution in [0.2, 0.25) is 0 Å². The molecule has 1 saturated heterocycles. The van der Waals surface area contributed by atoms with E-state index in [-0.39, 0.29) is 30.5 Å². The van der Waals surface area contributed by atoms with Crippen LogP contribution in [-0.4, -0.2) is 55.0 Å². The normalized spacial score (nSPS) is 19.5. The molecule has 2 aliphatic rings. The number of alkyl carbamates (subject to hydrolysis) is 1. The predicted molar refractivity (Wildman–Crippen MR) is 130 cm³/mol. The van der Waals surface area contributed by atoms with E-state index >= 15 is 0 Å². The van der Waals surface area contributed by atoms with Crippen molar-refractivity contribution >= 4 is 18.0 Å². The second-order valence-electron chi connectivity index (χ2n) is 9.32. The fourth-order valence-electron chi connectivity index (χ4n) is 4.83. The van der Waals surface area contributed by atoms with Gasteiger partial charge in [0, 0.05) is 25.4 Å². The van der Waals surface area contributed by atoms with E-state index in [1.807, 2.05) is 31.2 Å². The Labute approximate surface area is 205 Å². The molecule has 3 atom stereocenters. The topological polar surface area (TPSA) is 114 Å². The van der Waals surface area contributed by atoms with Crippen LogP contribution in [0.5, 0.6) is 0 Å². The number of rotatable bonds is 10. The molecule has 1 fully saturated rings. The van der Waals surface area contributed by atoms with Crippen LogP contribution in [0.25, 0.3) is 11.1 Å². The van der Waals surface area contributed by atoms with Crippen molar-refractivity contribution in [3.05, 3.63) is 59.7 Å². The molecule has 2 amide bonds. The van der Waals surface area contributed by atoms with Gasteiger partial charge in [-0.3, -0.25) is 4.79 Å². The number of fused-ring (bicyclic) bond motifs is 3. The van der Waals surface area contributed by atoms with Crippen LogP contribution in [0.1, 0.15) is 49.7 Å². The van der Waals surface area contributed by atoms with E-state index in [1.165, 1.54) is 22.3 Å². The number of carbonyl (C=O) groups is 3. The summed E-state index contributed by atoms with van der Waals surface area (Å²) in [5, 5.41) is 14.6. The van der Waals surface area contributed by atoms with Crippen molar-refractivity contribution in [1.29, 1.82) is 0 Å². The second-order valence-corrected chi connectivity index (χ2v) is 9.32. The number of ether oxygens (including phenoxy) is 2. The Balaban J connectivity index is 1.14. The molecule has 186 valence electrons. The number of amides is 2. The highest BCUT2D eigenvalue weighted by molar-refractivity contribution is 5.79. The zero-order chi connectivity index (χ0) is 24.8. The summed E-state index contributed by atoms with van der Waals surface area (Å²) in [4.78, 5) is 35.4. The maximum absolute atomic E-state index is 12.3. The number of benzene rings is 2. The van der Waals surface area contributed by atoms with Crippen LogP contribution in [0, 0.1) is 5.92 Å². The van der Waals surface area contributed by atoms with Gasteiger partial charge in [-0.25, -0.2) is 9.59 Å². The third-order valence-corrected chi connectivity index (χ3v) is 6.69. The van der Waals surface area contributed by atoms with Gasteiger partial charge in [0.1, 0.15) is 6.61 Å². The monoisotopic (exact) mass is 480 g/mol. The number of nitrogens with one attached hydrogen (secondary N) is 2. The summed E-state index contributed by atoms with van der Waals surface area (Å²) in [6, 6.07) is 16.4. The molecule has 1 heterocycles. The van der Waals surface area contributed by atoms with E-state index in [0.29, 0.717) is 38.8 Å². The minimum Gasteiger partial charge on any atom is -0.479 e. The average Bonchev–Trinajstić information content (AvgIpc) is 3.45. The molecule has 35 heavy (non-hydrogen) atoms. The summed E-state index contributed by atoms with van der Waals surface area (Å²) in [5.41, 5.74) is 4.71. The number of carboxylic acid groups (broad SMARTS) is 1. The molecule has 0 aromatic heterocycles. The summed E-state index contributed by atoms with van der Waals surface area (Å²) in [7, 11) is 0. The van der Waals surface area contributed by atoms with Crippen LogP contribution >= 0.6 is 0 Å². The van der Waals surface area contributed by atoms with Crippen LogP contribution in [0.4, 0.5) is 4.79 Å². The molecule has 1 aliphatic heterocycles. The number of hydrogen-bond donors (Lipinski definition) is 3. The van der Waals surface area contributed by atoms with E-state index in [0.717, 1.165) is 0 Å². The van der Waals surface area contributed by atoms with Gasteiger partial charge >= 0.3 is 12.1 Å². The van der Waals surface area contributed by atoms with Gasteiger partial charge in [0.05, 0.1) is 6.10 Å². The minimum absolute atomic E-state index is 0.0189. The standard InChI is InChI=1S/C27H32N2O6/c1-17(14-25(30)29-15-18-10-11-24(35-18)26(31)32)12-13-28-27(33)34-16-23-21-8-4-2-6-19(21)20-7-3-5-9-22(20)23/h2-9,17-18,23-24H,10-16H2,1H3,(H,28,33)(H,29,30)(H,31,32). The molecule has 4 rings (SSSR count). The first-order chi connectivity index (χ1) is 16.9. The summed E-state index contributed by atoms with van der Waals surface area (Å²) in [6.07, 6.45) is 0.547. The Morgan fingerprint density at radius 1 is 1.03 bits per heavy atom. The Hall–Kier alpha value is -3.39. The second kappa shape index (κ2) is 11.4.